The SMILES string of the molecule is CCP1(=S)OCC(C2CCC(F)(F)CC2)CO1. The van der Waals surface area contributed by atoms with E-state index >= 15 is 0 Å². The molecular weight excluding hydrogens is 265 g/mol. The van der Waals surface area contributed by atoms with Crippen molar-refractivity contribution < 1.29 is 17.8 Å². The Morgan fingerprint density at radius 2 is 1.71 bits per heavy atom. The summed E-state index contributed by atoms with van der Waals surface area (Å²) in [4.78, 5) is 0. The molecule has 0 radical (unpaired) electrons. The summed E-state index contributed by atoms with van der Waals surface area (Å²) >= 11 is 5.29. The fraction of sp³-hybridized carbons (Fsp3) is 1.00. The molecule has 6 heteroatoms. The van der Waals surface area contributed by atoms with Crippen LogP contribution in [-0.2, 0) is 20.9 Å². The summed E-state index contributed by atoms with van der Waals surface area (Å²) in [5.74, 6) is -1.88. The lowest BCUT2D eigenvalue weighted by atomic mass is 9.79. The zero-order valence-corrected chi connectivity index (χ0v) is 11.7. The van der Waals surface area contributed by atoms with Crippen molar-refractivity contribution in [2.24, 2.45) is 11.8 Å². The molecule has 1 saturated carbocycles. The molecular formula is C11H19F2O2PS. The van der Waals surface area contributed by atoms with E-state index in [4.69, 9.17) is 20.9 Å². The first-order chi connectivity index (χ1) is 7.94. The molecule has 0 atom stereocenters. The zero-order valence-electron chi connectivity index (χ0n) is 10.0. The van der Waals surface area contributed by atoms with Gasteiger partial charge in [-0.1, -0.05) is 6.92 Å². The predicted octanol–water partition coefficient (Wildman–Crippen LogP) is 3.80. The van der Waals surface area contributed by atoms with E-state index in [-0.39, 0.29) is 18.8 Å². The van der Waals surface area contributed by atoms with E-state index in [1.807, 2.05) is 6.92 Å². The van der Waals surface area contributed by atoms with Gasteiger partial charge in [0.15, 0.2) is 6.49 Å². The molecule has 2 aliphatic rings. The van der Waals surface area contributed by atoms with E-state index in [1.165, 1.54) is 0 Å². The Morgan fingerprint density at radius 3 is 2.18 bits per heavy atom. The highest BCUT2D eigenvalue weighted by molar-refractivity contribution is 8.09. The molecule has 0 aromatic heterocycles. The molecule has 2 fully saturated rings. The molecule has 2 nitrogen and oxygen atoms in total. The minimum Gasteiger partial charge on any atom is -0.329 e. The quantitative estimate of drug-likeness (QED) is 0.718. The van der Waals surface area contributed by atoms with Crippen molar-refractivity contribution >= 4 is 18.3 Å². The van der Waals surface area contributed by atoms with Crippen LogP contribution in [0.5, 0.6) is 0 Å². The lowest BCUT2D eigenvalue weighted by Gasteiger charge is -2.38. The highest BCUT2D eigenvalue weighted by atomic mass is 32.5. The maximum atomic E-state index is 13.0. The Morgan fingerprint density at radius 1 is 1.18 bits per heavy atom. The molecule has 0 bridgehead atoms. The van der Waals surface area contributed by atoms with Gasteiger partial charge in [0.1, 0.15) is 0 Å². The van der Waals surface area contributed by atoms with E-state index in [1.54, 1.807) is 0 Å². The highest BCUT2D eigenvalue weighted by Crippen LogP contribution is 2.53. The van der Waals surface area contributed by atoms with Gasteiger partial charge in [0, 0.05) is 24.9 Å². The highest BCUT2D eigenvalue weighted by Gasteiger charge is 2.39. The lowest BCUT2D eigenvalue weighted by Crippen LogP contribution is -2.34. The van der Waals surface area contributed by atoms with Crippen LogP contribution in [0.1, 0.15) is 32.6 Å². The van der Waals surface area contributed by atoms with Crippen molar-refractivity contribution in [1.82, 2.24) is 0 Å². The summed E-state index contributed by atoms with van der Waals surface area (Å²) in [6.45, 7) is 1.15. The molecule has 17 heavy (non-hydrogen) atoms. The van der Waals surface area contributed by atoms with Crippen LogP contribution in [0.25, 0.3) is 0 Å². The van der Waals surface area contributed by atoms with Gasteiger partial charge in [0.05, 0.1) is 13.2 Å². The van der Waals surface area contributed by atoms with Gasteiger partial charge in [-0.3, -0.25) is 0 Å². The van der Waals surface area contributed by atoms with E-state index < -0.39 is 12.4 Å². The molecule has 0 aromatic rings. The Balaban J connectivity index is 1.84. The molecule has 1 aliphatic heterocycles. The topological polar surface area (TPSA) is 18.5 Å². The zero-order chi connectivity index (χ0) is 12.5. The third-order valence-corrected chi connectivity index (χ3v) is 7.05. The first-order valence-corrected chi connectivity index (χ1v) is 9.02. The number of hydrogen-bond donors (Lipinski definition) is 0. The van der Waals surface area contributed by atoms with Crippen LogP contribution in [0, 0.1) is 11.8 Å². The van der Waals surface area contributed by atoms with Crippen LogP contribution >= 0.6 is 6.49 Å². The lowest BCUT2D eigenvalue weighted by molar-refractivity contribution is -0.0606. The first-order valence-electron chi connectivity index (χ1n) is 6.20. The fourth-order valence-electron chi connectivity index (χ4n) is 2.49. The Bertz CT molecular complexity index is 303. The molecule has 0 N–H and O–H groups in total. The molecule has 2 rings (SSSR count). The molecule has 0 unspecified atom stereocenters. The molecule has 1 heterocycles. The van der Waals surface area contributed by atoms with Crippen molar-refractivity contribution in [2.45, 2.75) is 38.5 Å². The van der Waals surface area contributed by atoms with Crippen LogP contribution in [0.4, 0.5) is 8.78 Å². The summed E-state index contributed by atoms with van der Waals surface area (Å²) in [6.07, 6.45) is 1.93. The summed E-state index contributed by atoms with van der Waals surface area (Å²) in [7, 11) is 0. The number of hydrogen-bond acceptors (Lipinski definition) is 3. The Hall–Kier alpha value is 0.430. The second-order valence-corrected chi connectivity index (χ2v) is 9.01. The van der Waals surface area contributed by atoms with Gasteiger partial charge in [-0.05, 0) is 30.6 Å². The molecule has 0 amide bonds. The largest absolute Gasteiger partial charge is 0.329 e. The van der Waals surface area contributed by atoms with E-state index in [0.29, 0.717) is 32.0 Å². The average Bonchev–Trinajstić information content (AvgIpc) is 2.31. The molecule has 1 aliphatic carbocycles. The first kappa shape index (κ1) is 13.9. The second-order valence-electron chi connectivity index (χ2n) is 4.97. The van der Waals surface area contributed by atoms with E-state index in [0.717, 1.165) is 6.16 Å². The van der Waals surface area contributed by atoms with Gasteiger partial charge >= 0.3 is 0 Å². The van der Waals surface area contributed by atoms with Crippen molar-refractivity contribution in [1.29, 1.82) is 0 Å². The van der Waals surface area contributed by atoms with Crippen molar-refractivity contribution in [3.8, 4) is 0 Å². The number of rotatable bonds is 2. The minimum atomic E-state index is -2.45. The van der Waals surface area contributed by atoms with Gasteiger partial charge in [-0.25, -0.2) is 8.78 Å². The van der Waals surface area contributed by atoms with E-state index in [9.17, 15) is 8.78 Å². The minimum absolute atomic E-state index is 0.0100. The van der Waals surface area contributed by atoms with Crippen molar-refractivity contribution in [3.63, 3.8) is 0 Å². The summed E-state index contributed by atoms with van der Waals surface area (Å²) in [6, 6.07) is 0. The average molecular weight is 284 g/mol. The van der Waals surface area contributed by atoms with Gasteiger partial charge < -0.3 is 9.05 Å². The van der Waals surface area contributed by atoms with Gasteiger partial charge in [0.2, 0.25) is 5.92 Å². The van der Waals surface area contributed by atoms with Crippen molar-refractivity contribution in [3.05, 3.63) is 0 Å². The van der Waals surface area contributed by atoms with Gasteiger partial charge in [-0.15, -0.1) is 0 Å². The molecule has 100 valence electrons. The second kappa shape index (κ2) is 5.20. The number of alkyl halides is 2. The third-order valence-electron chi connectivity index (χ3n) is 3.79. The monoisotopic (exact) mass is 284 g/mol. The summed E-state index contributed by atoms with van der Waals surface area (Å²) < 4.78 is 37.4. The molecule has 0 spiro atoms. The third kappa shape index (κ3) is 3.46. The predicted molar refractivity (Wildman–Crippen MR) is 67.1 cm³/mol. The molecule has 1 saturated heterocycles. The van der Waals surface area contributed by atoms with E-state index in [2.05, 4.69) is 0 Å². The molecule has 0 aromatic carbocycles. The number of halogens is 2. The van der Waals surface area contributed by atoms with Gasteiger partial charge in [0.25, 0.3) is 0 Å². The maximum absolute atomic E-state index is 13.0. The van der Waals surface area contributed by atoms with Crippen molar-refractivity contribution in [2.75, 3.05) is 19.4 Å². The normalized spacial score (nSPS) is 39.1. The van der Waals surface area contributed by atoms with Crippen LogP contribution in [-0.4, -0.2) is 25.3 Å². The fourth-order valence-corrected chi connectivity index (χ4v) is 4.13. The van der Waals surface area contributed by atoms with Gasteiger partial charge in [-0.2, -0.15) is 0 Å². The Kier molecular flexibility index (Phi) is 4.24. The Labute approximate surface area is 106 Å². The standard InChI is InChI=1S/C11H19F2O2PS/c1-2-16(17)14-7-10(8-15-16)9-3-5-11(12,13)6-4-9/h9-10H,2-8H2,1H3. The summed E-state index contributed by atoms with van der Waals surface area (Å²) in [5, 5.41) is 0. The van der Waals surface area contributed by atoms with Crippen LogP contribution < -0.4 is 0 Å². The maximum Gasteiger partial charge on any atom is 0.248 e. The van der Waals surface area contributed by atoms with Crippen LogP contribution in [0.3, 0.4) is 0 Å². The van der Waals surface area contributed by atoms with Crippen LogP contribution in [0.15, 0.2) is 0 Å². The summed E-state index contributed by atoms with van der Waals surface area (Å²) in [5.41, 5.74) is 0. The smallest absolute Gasteiger partial charge is 0.248 e. The van der Waals surface area contributed by atoms with Crippen LogP contribution in [0.2, 0.25) is 0 Å².